The molecule has 22 heavy (non-hydrogen) atoms. The smallest absolute Gasteiger partial charge is 0.309 e. The van der Waals surface area contributed by atoms with Gasteiger partial charge >= 0.3 is 7.48 Å². The van der Waals surface area contributed by atoms with E-state index >= 15 is 0 Å². The number of allylic oxidation sites excluding steroid dienone is 2. The van der Waals surface area contributed by atoms with Crippen LogP contribution in [-0.4, -0.2) is 29.8 Å². The number of hydrogen-bond donors (Lipinski definition) is 2. The van der Waals surface area contributed by atoms with Crippen LogP contribution in [0.15, 0.2) is 42.5 Å². The SMILES string of the molecule is CC(C)(O)C(C)(C)OBc1ccc2c(c1)C1C=CC=CC1N2. The molecule has 2 aliphatic rings. The molecule has 0 aromatic heterocycles. The van der Waals surface area contributed by atoms with Crippen molar-refractivity contribution in [2.75, 3.05) is 5.32 Å². The summed E-state index contributed by atoms with van der Waals surface area (Å²) in [5.74, 6) is 0.405. The first-order chi connectivity index (χ1) is 10.3. The Balaban J connectivity index is 1.76. The second-order valence-corrected chi connectivity index (χ2v) is 7.25. The highest BCUT2D eigenvalue weighted by molar-refractivity contribution is 6.47. The van der Waals surface area contributed by atoms with Crippen molar-refractivity contribution in [3.05, 3.63) is 48.1 Å². The molecule has 3 rings (SSSR count). The molecule has 116 valence electrons. The Labute approximate surface area is 133 Å². The fourth-order valence-corrected chi connectivity index (χ4v) is 2.77. The van der Waals surface area contributed by atoms with Crippen molar-refractivity contribution in [3.8, 4) is 0 Å². The van der Waals surface area contributed by atoms with Gasteiger partial charge in [0.2, 0.25) is 0 Å². The summed E-state index contributed by atoms with van der Waals surface area (Å²) < 4.78 is 5.97. The summed E-state index contributed by atoms with van der Waals surface area (Å²) in [6, 6.07) is 6.81. The van der Waals surface area contributed by atoms with E-state index < -0.39 is 11.2 Å². The van der Waals surface area contributed by atoms with Crippen LogP contribution in [0.4, 0.5) is 5.69 Å². The van der Waals surface area contributed by atoms with Gasteiger partial charge in [0.15, 0.2) is 0 Å². The van der Waals surface area contributed by atoms with Gasteiger partial charge in [0.05, 0.1) is 17.2 Å². The van der Waals surface area contributed by atoms with E-state index in [4.69, 9.17) is 4.65 Å². The van der Waals surface area contributed by atoms with Crippen molar-refractivity contribution >= 4 is 18.6 Å². The fourth-order valence-electron chi connectivity index (χ4n) is 2.77. The molecule has 0 saturated heterocycles. The Morgan fingerprint density at radius 1 is 1.14 bits per heavy atom. The first-order valence-corrected chi connectivity index (χ1v) is 7.89. The molecule has 1 aromatic carbocycles. The molecule has 4 heteroatoms. The van der Waals surface area contributed by atoms with Crippen LogP contribution in [0.2, 0.25) is 0 Å². The number of benzene rings is 1. The predicted octanol–water partition coefficient (Wildman–Crippen LogP) is 2.23. The van der Waals surface area contributed by atoms with Gasteiger partial charge in [-0.15, -0.1) is 0 Å². The first-order valence-electron chi connectivity index (χ1n) is 7.89. The summed E-state index contributed by atoms with van der Waals surface area (Å²) in [5, 5.41) is 13.7. The van der Waals surface area contributed by atoms with Crippen LogP contribution >= 0.6 is 0 Å². The minimum absolute atomic E-state index is 0.365. The Bertz CT molecular complexity index is 628. The molecule has 1 heterocycles. The van der Waals surface area contributed by atoms with Gasteiger partial charge in [0.1, 0.15) is 0 Å². The van der Waals surface area contributed by atoms with Crippen molar-refractivity contribution < 1.29 is 9.76 Å². The molecule has 1 aromatic rings. The van der Waals surface area contributed by atoms with Crippen molar-refractivity contribution in [1.29, 1.82) is 0 Å². The molecule has 0 fully saturated rings. The largest absolute Gasteiger partial charge is 0.427 e. The monoisotopic (exact) mass is 297 g/mol. The number of hydrogen-bond acceptors (Lipinski definition) is 3. The molecule has 2 N–H and O–H groups in total. The van der Waals surface area contributed by atoms with E-state index in [9.17, 15) is 5.11 Å². The van der Waals surface area contributed by atoms with Gasteiger partial charge in [-0.25, -0.2) is 0 Å². The van der Waals surface area contributed by atoms with Crippen molar-refractivity contribution in [2.24, 2.45) is 0 Å². The molecule has 1 aliphatic heterocycles. The Hall–Kier alpha value is -1.52. The molecule has 2 atom stereocenters. The number of aliphatic hydroxyl groups is 1. The summed E-state index contributed by atoms with van der Waals surface area (Å²) in [5.41, 5.74) is 2.19. The number of anilines is 1. The van der Waals surface area contributed by atoms with Crippen LogP contribution in [-0.2, 0) is 4.65 Å². The van der Waals surface area contributed by atoms with E-state index in [2.05, 4.69) is 47.8 Å². The lowest BCUT2D eigenvalue weighted by atomic mass is 9.80. The molecular weight excluding hydrogens is 273 g/mol. The van der Waals surface area contributed by atoms with Crippen LogP contribution in [0.3, 0.4) is 0 Å². The molecule has 0 amide bonds. The van der Waals surface area contributed by atoms with Gasteiger partial charge in [-0.2, -0.15) is 0 Å². The summed E-state index contributed by atoms with van der Waals surface area (Å²) in [6.07, 6.45) is 8.65. The zero-order valence-corrected chi connectivity index (χ0v) is 13.8. The van der Waals surface area contributed by atoms with Crippen LogP contribution in [0.25, 0.3) is 0 Å². The molecule has 0 bridgehead atoms. The van der Waals surface area contributed by atoms with Crippen LogP contribution in [0.5, 0.6) is 0 Å². The van der Waals surface area contributed by atoms with Gasteiger partial charge in [0.25, 0.3) is 0 Å². The highest BCUT2D eigenvalue weighted by atomic mass is 16.5. The van der Waals surface area contributed by atoms with E-state index in [0.717, 1.165) is 5.46 Å². The van der Waals surface area contributed by atoms with E-state index in [1.807, 2.05) is 13.8 Å². The van der Waals surface area contributed by atoms with E-state index in [-0.39, 0.29) is 0 Å². The summed E-state index contributed by atoms with van der Waals surface area (Å²) in [7, 11) is 0.501. The fraction of sp³-hybridized carbons (Fsp3) is 0.444. The third-order valence-electron chi connectivity index (χ3n) is 5.01. The molecule has 0 spiro atoms. The molecule has 2 unspecified atom stereocenters. The van der Waals surface area contributed by atoms with E-state index in [1.54, 1.807) is 13.8 Å². The maximum atomic E-state index is 10.2. The Morgan fingerprint density at radius 3 is 2.59 bits per heavy atom. The van der Waals surface area contributed by atoms with Crippen LogP contribution < -0.4 is 10.8 Å². The average Bonchev–Trinajstić information content (AvgIpc) is 2.82. The van der Waals surface area contributed by atoms with Crippen molar-refractivity contribution in [3.63, 3.8) is 0 Å². The van der Waals surface area contributed by atoms with Crippen LogP contribution in [0, 0.1) is 0 Å². The molecule has 1 aliphatic carbocycles. The maximum Gasteiger partial charge on any atom is 0.309 e. The van der Waals surface area contributed by atoms with Gasteiger partial charge in [-0.1, -0.05) is 41.9 Å². The normalized spacial score (nSPS) is 23.0. The van der Waals surface area contributed by atoms with Gasteiger partial charge in [-0.05, 0) is 39.3 Å². The molecule has 0 saturated carbocycles. The standard InChI is InChI=1S/C18H24BNO2/c1-17(2,21)18(3,4)22-19-12-9-10-16-14(11-12)13-7-5-6-8-15(13)20-16/h5-11,13,15,19-21H,1-4H3. The summed E-state index contributed by atoms with van der Waals surface area (Å²) in [6.45, 7) is 7.41. The average molecular weight is 297 g/mol. The molecule has 3 nitrogen and oxygen atoms in total. The van der Waals surface area contributed by atoms with Crippen LogP contribution in [0.1, 0.15) is 39.2 Å². The highest BCUT2D eigenvalue weighted by Crippen LogP contribution is 2.38. The third kappa shape index (κ3) is 2.73. The Kier molecular flexibility index (Phi) is 3.70. The van der Waals surface area contributed by atoms with Gasteiger partial charge in [0, 0.05) is 11.6 Å². The zero-order chi connectivity index (χ0) is 16.0. The second kappa shape index (κ2) is 5.29. The minimum atomic E-state index is -0.882. The lowest BCUT2D eigenvalue weighted by Gasteiger charge is -2.37. The second-order valence-electron chi connectivity index (χ2n) is 7.25. The lowest BCUT2D eigenvalue weighted by molar-refractivity contribution is -0.0893. The minimum Gasteiger partial charge on any atom is -0.427 e. The maximum absolute atomic E-state index is 10.2. The lowest BCUT2D eigenvalue weighted by Crippen LogP contribution is -2.49. The number of fused-ring (bicyclic) bond motifs is 3. The molecule has 0 radical (unpaired) electrons. The van der Waals surface area contributed by atoms with Gasteiger partial charge in [-0.3, -0.25) is 0 Å². The first kappa shape index (κ1) is 15.4. The Morgan fingerprint density at radius 2 is 1.86 bits per heavy atom. The van der Waals surface area contributed by atoms with Crippen molar-refractivity contribution in [1.82, 2.24) is 0 Å². The number of nitrogens with one attached hydrogen (secondary N) is 1. The number of rotatable bonds is 4. The summed E-state index contributed by atoms with van der Waals surface area (Å²) in [4.78, 5) is 0. The highest BCUT2D eigenvalue weighted by Gasteiger charge is 2.36. The molecular formula is C18H24BNO2. The quantitative estimate of drug-likeness (QED) is 0.838. The predicted molar refractivity (Wildman–Crippen MR) is 93.1 cm³/mol. The topological polar surface area (TPSA) is 41.5 Å². The van der Waals surface area contributed by atoms with Crippen molar-refractivity contribution in [2.45, 2.75) is 50.9 Å². The van der Waals surface area contributed by atoms with E-state index in [0.29, 0.717) is 19.4 Å². The zero-order valence-electron chi connectivity index (χ0n) is 13.8. The van der Waals surface area contributed by atoms with Gasteiger partial charge < -0.3 is 15.1 Å². The van der Waals surface area contributed by atoms with E-state index in [1.165, 1.54) is 11.3 Å². The third-order valence-corrected chi connectivity index (χ3v) is 5.01. The summed E-state index contributed by atoms with van der Waals surface area (Å²) >= 11 is 0.